The molecule has 0 saturated heterocycles. The van der Waals surface area contributed by atoms with Gasteiger partial charge in [0.25, 0.3) is 5.69 Å². The minimum absolute atomic E-state index is 0.180. The summed E-state index contributed by atoms with van der Waals surface area (Å²) in [6, 6.07) is 8.10. The Kier molecular flexibility index (Phi) is 5.91. The highest BCUT2D eigenvalue weighted by molar-refractivity contribution is 14.1. The molecule has 30 heavy (non-hydrogen) atoms. The number of aromatic nitrogens is 2. The van der Waals surface area contributed by atoms with E-state index in [4.69, 9.17) is 16.3 Å². The number of hydrogen-bond donors (Lipinski definition) is 1. The number of imidazole rings is 1. The Morgan fingerprint density at radius 3 is 2.77 bits per heavy atom. The summed E-state index contributed by atoms with van der Waals surface area (Å²) >= 11 is 8.44. The lowest BCUT2D eigenvalue weighted by Gasteiger charge is -2.15. The van der Waals surface area contributed by atoms with E-state index in [1.165, 1.54) is 29.2 Å². The summed E-state index contributed by atoms with van der Waals surface area (Å²) in [5.41, 5.74) is 0.984. The molecule has 0 spiro atoms. The van der Waals surface area contributed by atoms with Crippen LogP contribution in [-0.2, 0) is 4.74 Å². The standard InChI is InChI=1S/C20H16ClIN4O4/c21-15-7-13(22)3-4-16(15)24-17-9-19(26(28)29)18(25-6-5-23-11-25)8-14(17)20(27)30-10-12-1-2-12/h3-9,11-12,24H,1-2,10H2. The van der Waals surface area contributed by atoms with E-state index in [0.29, 0.717) is 23.2 Å². The molecule has 1 aliphatic carbocycles. The number of esters is 1. The molecule has 0 unspecified atom stereocenters. The fourth-order valence-corrected chi connectivity index (χ4v) is 3.80. The van der Waals surface area contributed by atoms with Crippen LogP contribution in [0.5, 0.6) is 0 Å². The van der Waals surface area contributed by atoms with Gasteiger partial charge in [-0.2, -0.15) is 0 Å². The summed E-state index contributed by atoms with van der Waals surface area (Å²) in [7, 11) is 0. The van der Waals surface area contributed by atoms with Crippen LogP contribution < -0.4 is 5.32 Å². The second-order valence-electron chi connectivity index (χ2n) is 6.90. The Morgan fingerprint density at radius 1 is 1.33 bits per heavy atom. The van der Waals surface area contributed by atoms with Gasteiger partial charge in [-0.05, 0) is 65.6 Å². The number of anilines is 2. The first-order valence-electron chi connectivity index (χ1n) is 9.12. The van der Waals surface area contributed by atoms with Gasteiger partial charge in [0.2, 0.25) is 0 Å². The van der Waals surface area contributed by atoms with Crippen molar-refractivity contribution in [3.05, 3.63) is 73.3 Å². The number of ether oxygens (including phenoxy) is 1. The monoisotopic (exact) mass is 538 g/mol. The van der Waals surface area contributed by atoms with Crippen LogP contribution in [0.2, 0.25) is 5.02 Å². The highest BCUT2D eigenvalue weighted by atomic mass is 127. The molecular weight excluding hydrogens is 523 g/mol. The van der Waals surface area contributed by atoms with Crippen LogP contribution in [-0.4, -0.2) is 27.1 Å². The molecule has 1 N–H and O–H groups in total. The third-order valence-corrected chi connectivity index (χ3v) is 5.65. The smallest absolute Gasteiger partial charge is 0.340 e. The van der Waals surface area contributed by atoms with Crippen molar-refractivity contribution in [3.63, 3.8) is 0 Å². The zero-order valence-corrected chi connectivity index (χ0v) is 18.5. The SMILES string of the molecule is O=C(OCC1CC1)c1cc(-n2ccnc2)c([N+](=O)[O-])cc1Nc1ccc(I)cc1Cl. The molecule has 4 rings (SSSR count). The summed E-state index contributed by atoms with van der Waals surface area (Å²) in [6.45, 7) is 0.333. The van der Waals surface area contributed by atoms with Crippen molar-refractivity contribution in [2.75, 3.05) is 11.9 Å². The first-order valence-corrected chi connectivity index (χ1v) is 10.6. The van der Waals surface area contributed by atoms with E-state index >= 15 is 0 Å². The van der Waals surface area contributed by atoms with Gasteiger partial charge in [0.05, 0.1) is 39.8 Å². The molecule has 0 amide bonds. The Labute approximate surface area is 190 Å². The average Bonchev–Trinajstić information content (AvgIpc) is 3.39. The first-order chi connectivity index (χ1) is 14.4. The molecule has 0 bridgehead atoms. The predicted molar refractivity (Wildman–Crippen MR) is 121 cm³/mol. The number of carbonyl (C=O) groups excluding carboxylic acids is 1. The third kappa shape index (κ3) is 4.57. The maximum absolute atomic E-state index is 12.8. The van der Waals surface area contributed by atoms with Gasteiger partial charge in [-0.3, -0.25) is 10.1 Å². The number of hydrogen-bond acceptors (Lipinski definition) is 6. The van der Waals surface area contributed by atoms with Crippen LogP contribution in [0.1, 0.15) is 23.2 Å². The van der Waals surface area contributed by atoms with Crippen molar-refractivity contribution >= 4 is 57.2 Å². The van der Waals surface area contributed by atoms with E-state index in [1.54, 1.807) is 18.3 Å². The summed E-state index contributed by atoms with van der Waals surface area (Å²) in [6.07, 6.45) is 6.59. The molecule has 0 radical (unpaired) electrons. The number of nitro groups is 1. The van der Waals surface area contributed by atoms with Crippen LogP contribution in [0.15, 0.2) is 49.1 Å². The minimum Gasteiger partial charge on any atom is -0.462 e. The fourth-order valence-electron chi connectivity index (χ4n) is 2.90. The number of nitro benzene ring substituents is 1. The minimum atomic E-state index is -0.553. The molecule has 1 saturated carbocycles. The zero-order chi connectivity index (χ0) is 21.3. The number of rotatable bonds is 7. The summed E-state index contributed by atoms with van der Waals surface area (Å²) in [4.78, 5) is 28.0. The maximum Gasteiger partial charge on any atom is 0.340 e. The van der Waals surface area contributed by atoms with Crippen molar-refractivity contribution in [2.24, 2.45) is 5.92 Å². The Morgan fingerprint density at radius 2 is 2.13 bits per heavy atom. The van der Waals surface area contributed by atoms with Gasteiger partial charge in [-0.1, -0.05) is 11.6 Å². The van der Waals surface area contributed by atoms with Crippen molar-refractivity contribution in [1.82, 2.24) is 9.55 Å². The molecule has 0 atom stereocenters. The van der Waals surface area contributed by atoms with Gasteiger partial charge in [0, 0.05) is 22.0 Å². The number of nitrogens with zero attached hydrogens (tertiary/aromatic N) is 3. The number of benzene rings is 2. The van der Waals surface area contributed by atoms with E-state index < -0.39 is 10.9 Å². The lowest BCUT2D eigenvalue weighted by atomic mass is 10.1. The number of carbonyl (C=O) groups is 1. The van der Waals surface area contributed by atoms with E-state index in [2.05, 4.69) is 32.9 Å². The molecule has 10 heteroatoms. The van der Waals surface area contributed by atoms with Gasteiger partial charge in [0.1, 0.15) is 5.69 Å². The summed E-state index contributed by atoms with van der Waals surface area (Å²) in [5.74, 6) is -0.163. The normalized spacial score (nSPS) is 13.1. The fraction of sp³-hybridized carbons (Fsp3) is 0.200. The number of halogens is 2. The second kappa shape index (κ2) is 8.60. The first kappa shape index (κ1) is 20.6. The second-order valence-corrected chi connectivity index (χ2v) is 8.56. The predicted octanol–water partition coefficient (Wildman–Crippen LogP) is 5.35. The van der Waals surface area contributed by atoms with E-state index in [-0.39, 0.29) is 22.6 Å². The van der Waals surface area contributed by atoms with Crippen LogP contribution in [0, 0.1) is 19.6 Å². The maximum atomic E-state index is 12.8. The average molecular weight is 539 g/mol. The number of nitrogens with one attached hydrogen (secondary N) is 1. The van der Waals surface area contributed by atoms with Crippen LogP contribution in [0.4, 0.5) is 17.1 Å². The molecule has 0 aliphatic heterocycles. The lowest BCUT2D eigenvalue weighted by Crippen LogP contribution is -2.12. The molecule has 1 heterocycles. The Hall–Kier alpha value is -2.66. The van der Waals surface area contributed by atoms with Gasteiger partial charge in [0.15, 0.2) is 0 Å². The van der Waals surface area contributed by atoms with Gasteiger partial charge < -0.3 is 14.6 Å². The van der Waals surface area contributed by atoms with Gasteiger partial charge in [-0.25, -0.2) is 9.78 Å². The van der Waals surface area contributed by atoms with E-state index in [0.717, 1.165) is 16.4 Å². The topological polar surface area (TPSA) is 99.3 Å². The third-order valence-electron chi connectivity index (χ3n) is 4.66. The quantitative estimate of drug-likeness (QED) is 0.188. The summed E-state index contributed by atoms with van der Waals surface area (Å²) in [5, 5.41) is 15.2. The van der Waals surface area contributed by atoms with E-state index in [1.807, 2.05) is 6.07 Å². The molecule has 2 aromatic carbocycles. The molecule has 1 fully saturated rings. The molecular formula is C20H16ClIN4O4. The molecule has 3 aromatic rings. The summed E-state index contributed by atoms with van der Waals surface area (Å²) < 4.78 is 7.87. The largest absolute Gasteiger partial charge is 0.462 e. The molecule has 1 aromatic heterocycles. The lowest BCUT2D eigenvalue weighted by molar-refractivity contribution is -0.384. The zero-order valence-electron chi connectivity index (χ0n) is 15.5. The highest BCUT2D eigenvalue weighted by Crippen LogP contribution is 2.35. The van der Waals surface area contributed by atoms with Crippen LogP contribution in [0.3, 0.4) is 0 Å². The Bertz CT molecular complexity index is 1120. The van der Waals surface area contributed by atoms with Gasteiger partial charge >= 0.3 is 5.97 Å². The van der Waals surface area contributed by atoms with Crippen molar-refractivity contribution in [2.45, 2.75) is 12.8 Å². The molecule has 1 aliphatic rings. The van der Waals surface area contributed by atoms with E-state index in [9.17, 15) is 14.9 Å². The van der Waals surface area contributed by atoms with Gasteiger partial charge in [-0.15, -0.1) is 0 Å². The van der Waals surface area contributed by atoms with Crippen LogP contribution in [0.25, 0.3) is 5.69 Å². The highest BCUT2D eigenvalue weighted by Gasteiger charge is 2.27. The molecule has 8 nitrogen and oxygen atoms in total. The van der Waals surface area contributed by atoms with Crippen molar-refractivity contribution in [1.29, 1.82) is 0 Å². The Balaban J connectivity index is 1.79. The molecule has 154 valence electrons. The van der Waals surface area contributed by atoms with Crippen LogP contribution >= 0.6 is 34.2 Å². The van der Waals surface area contributed by atoms with Crippen molar-refractivity contribution < 1.29 is 14.5 Å². The van der Waals surface area contributed by atoms with Crippen molar-refractivity contribution in [3.8, 4) is 5.69 Å².